The number of ether oxygens (including phenoxy) is 2. The lowest BCUT2D eigenvalue weighted by atomic mass is 10.3. The van der Waals surface area contributed by atoms with Crippen molar-refractivity contribution in [3.8, 4) is 5.88 Å². The van der Waals surface area contributed by atoms with E-state index >= 15 is 0 Å². The van der Waals surface area contributed by atoms with Crippen LogP contribution < -0.4 is 10.7 Å². The molecule has 2 heterocycles. The number of aromatic hydroxyl groups is 1. The van der Waals surface area contributed by atoms with Crippen molar-refractivity contribution in [3.63, 3.8) is 0 Å². The molecule has 0 saturated carbocycles. The summed E-state index contributed by atoms with van der Waals surface area (Å²) in [6, 6.07) is 0. The van der Waals surface area contributed by atoms with Gasteiger partial charge in [0.25, 0.3) is 0 Å². The second-order valence-corrected chi connectivity index (χ2v) is 4.93. The van der Waals surface area contributed by atoms with Crippen molar-refractivity contribution in [2.45, 2.75) is 6.92 Å². The highest BCUT2D eigenvalue weighted by atomic mass is 32.2. The van der Waals surface area contributed by atoms with Gasteiger partial charge < -0.3 is 19.1 Å². The standard InChI is InChI=1S/C11H12N2O6S/c1-4-19-10(15)5-6-7(13(2)9(5)14)8(11(16)18-3)20(17)12-6/h14H,4H2,1-3H3. The predicted molar refractivity (Wildman–Crippen MR) is 67.4 cm³/mol. The summed E-state index contributed by atoms with van der Waals surface area (Å²) in [6.45, 7) is 1.72. The number of carbonyl (C=O) groups is 2. The number of rotatable bonds is 3. The minimum Gasteiger partial charge on any atom is -0.494 e. The van der Waals surface area contributed by atoms with Crippen molar-refractivity contribution < 1.29 is 28.4 Å². The third-order valence-corrected chi connectivity index (χ3v) is 3.81. The van der Waals surface area contributed by atoms with Gasteiger partial charge in [-0.1, -0.05) is 0 Å². The lowest BCUT2D eigenvalue weighted by Gasteiger charge is -2.02. The zero-order valence-electron chi connectivity index (χ0n) is 11.0. The number of aromatic nitrogens is 1. The van der Waals surface area contributed by atoms with E-state index in [9.17, 15) is 18.9 Å². The first kappa shape index (κ1) is 14.3. The summed E-state index contributed by atoms with van der Waals surface area (Å²) in [6.07, 6.45) is 0. The molecule has 2 rings (SSSR count). The highest BCUT2D eigenvalue weighted by molar-refractivity contribution is 7.94. The van der Waals surface area contributed by atoms with Gasteiger partial charge in [-0.3, -0.25) is 0 Å². The van der Waals surface area contributed by atoms with Crippen molar-refractivity contribution in [2.24, 2.45) is 11.4 Å². The zero-order chi connectivity index (χ0) is 15.0. The van der Waals surface area contributed by atoms with Crippen LogP contribution in [-0.2, 0) is 32.3 Å². The third-order valence-electron chi connectivity index (χ3n) is 2.75. The Morgan fingerprint density at radius 1 is 1.40 bits per heavy atom. The fourth-order valence-electron chi connectivity index (χ4n) is 1.87. The molecule has 1 atom stereocenters. The van der Waals surface area contributed by atoms with E-state index in [0.717, 1.165) is 11.7 Å². The highest BCUT2D eigenvalue weighted by Gasteiger charge is 2.32. The molecule has 1 aliphatic rings. The van der Waals surface area contributed by atoms with Crippen LogP contribution in [0.2, 0.25) is 0 Å². The topological polar surface area (TPSA) is 107 Å². The fraction of sp³-hybridized carbons (Fsp3) is 0.364. The molecule has 0 fully saturated rings. The second kappa shape index (κ2) is 5.08. The molecule has 108 valence electrons. The monoisotopic (exact) mass is 300 g/mol. The Labute approximate surface area is 115 Å². The van der Waals surface area contributed by atoms with Crippen LogP contribution in [0.4, 0.5) is 0 Å². The first-order valence-corrected chi connectivity index (χ1v) is 6.72. The molecule has 1 aliphatic heterocycles. The second-order valence-electron chi connectivity index (χ2n) is 3.84. The molecule has 1 aromatic rings. The van der Waals surface area contributed by atoms with Crippen LogP contribution in [0.1, 0.15) is 17.3 Å². The van der Waals surface area contributed by atoms with E-state index in [4.69, 9.17) is 4.74 Å². The maximum absolute atomic E-state index is 11.8. The average molecular weight is 300 g/mol. The van der Waals surface area contributed by atoms with Gasteiger partial charge in [0.2, 0.25) is 5.88 Å². The minimum atomic E-state index is -1.98. The number of carbonyl (C=O) groups excluding carboxylic acids is 2. The molecule has 20 heavy (non-hydrogen) atoms. The van der Waals surface area contributed by atoms with E-state index in [0.29, 0.717) is 0 Å². The minimum absolute atomic E-state index is 0.0258. The number of hydrogen-bond donors (Lipinski definition) is 1. The third kappa shape index (κ3) is 1.90. The van der Waals surface area contributed by atoms with Gasteiger partial charge in [0.1, 0.15) is 10.9 Å². The Bertz CT molecular complexity index is 748. The molecular formula is C11H12N2O6S. The van der Waals surface area contributed by atoms with Crippen LogP contribution in [0, 0.1) is 0 Å². The molecule has 0 amide bonds. The first-order chi connectivity index (χ1) is 9.43. The predicted octanol–water partition coefficient (Wildman–Crippen LogP) is -1.51. The average Bonchev–Trinajstić information content (AvgIpc) is 2.84. The first-order valence-electron chi connectivity index (χ1n) is 5.62. The Balaban J connectivity index is 2.82. The number of nitrogens with zero attached hydrogens (tertiary/aromatic N) is 2. The number of esters is 2. The smallest absolute Gasteiger partial charge is 0.351 e. The molecule has 0 aliphatic carbocycles. The maximum atomic E-state index is 11.8. The summed E-state index contributed by atoms with van der Waals surface area (Å²) in [5, 5.41) is 10.0. The lowest BCUT2D eigenvalue weighted by Crippen LogP contribution is -2.31. The molecule has 0 bridgehead atoms. The normalized spacial score (nSPS) is 16.6. The molecular weight excluding hydrogens is 288 g/mol. The molecule has 8 nitrogen and oxygen atoms in total. The van der Waals surface area contributed by atoms with Gasteiger partial charge in [-0.25, -0.2) is 13.8 Å². The van der Waals surface area contributed by atoms with Gasteiger partial charge >= 0.3 is 11.9 Å². The molecule has 0 saturated heterocycles. The van der Waals surface area contributed by atoms with Crippen molar-refractivity contribution in [1.29, 1.82) is 0 Å². The van der Waals surface area contributed by atoms with Gasteiger partial charge in [0.15, 0.2) is 15.9 Å². The van der Waals surface area contributed by atoms with Crippen molar-refractivity contribution >= 4 is 27.8 Å². The van der Waals surface area contributed by atoms with Gasteiger partial charge in [0.05, 0.1) is 19.1 Å². The van der Waals surface area contributed by atoms with Gasteiger partial charge in [-0.15, -0.1) is 0 Å². The van der Waals surface area contributed by atoms with Gasteiger partial charge in [-0.05, 0) is 6.92 Å². The Hall–Kier alpha value is -2.16. The summed E-state index contributed by atoms with van der Waals surface area (Å²) in [4.78, 5) is 23.2. The zero-order valence-corrected chi connectivity index (χ0v) is 11.8. The Morgan fingerprint density at radius 3 is 2.60 bits per heavy atom. The molecule has 1 N–H and O–H groups in total. The Kier molecular flexibility index (Phi) is 3.62. The van der Waals surface area contributed by atoms with Crippen LogP contribution in [0.5, 0.6) is 5.88 Å². The SMILES string of the molecule is CCOC(=O)c1c(O)n(C)c2c1=NS(=O)C=2C(=O)OC. The highest BCUT2D eigenvalue weighted by Crippen LogP contribution is 2.17. The quantitative estimate of drug-likeness (QED) is 0.680. The molecule has 9 heteroatoms. The van der Waals surface area contributed by atoms with E-state index in [1.54, 1.807) is 6.92 Å². The van der Waals surface area contributed by atoms with Gasteiger partial charge in [-0.2, -0.15) is 4.40 Å². The number of fused-ring (bicyclic) bond motifs is 1. The van der Waals surface area contributed by atoms with E-state index in [1.807, 2.05) is 0 Å². The molecule has 1 aromatic heterocycles. The van der Waals surface area contributed by atoms with Gasteiger partial charge in [0, 0.05) is 7.05 Å². The van der Waals surface area contributed by atoms with Crippen LogP contribution in [0.3, 0.4) is 0 Å². The lowest BCUT2D eigenvalue weighted by molar-refractivity contribution is -0.133. The van der Waals surface area contributed by atoms with Crippen LogP contribution >= 0.6 is 0 Å². The van der Waals surface area contributed by atoms with E-state index in [1.165, 1.54) is 7.05 Å². The number of hydrogen-bond acceptors (Lipinski definition) is 6. The van der Waals surface area contributed by atoms with E-state index < -0.39 is 28.8 Å². The largest absolute Gasteiger partial charge is 0.494 e. The van der Waals surface area contributed by atoms with E-state index in [2.05, 4.69) is 9.13 Å². The van der Waals surface area contributed by atoms with Crippen LogP contribution in [-0.4, -0.2) is 39.5 Å². The molecule has 1 unspecified atom stereocenters. The maximum Gasteiger partial charge on any atom is 0.351 e. The van der Waals surface area contributed by atoms with Crippen molar-refractivity contribution in [2.75, 3.05) is 13.7 Å². The van der Waals surface area contributed by atoms with Crippen LogP contribution in [0.25, 0.3) is 4.91 Å². The summed E-state index contributed by atoms with van der Waals surface area (Å²) in [7, 11) is 0.575. The fourth-order valence-corrected chi connectivity index (χ4v) is 2.93. The van der Waals surface area contributed by atoms with Crippen LogP contribution in [0.15, 0.2) is 4.40 Å². The number of methoxy groups -OCH3 is 1. The van der Waals surface area contributed by atoms with Crippen molar-refractivity contribution in [1.82, 2.24) is 4.57 Å². The molecule has 0 spiro atoms. The summed E-state index contributed by atoms with van der Waals surface area (Å²) in [5.74, 6) is -2.04. The Morgan fingerprint density at radius 2 is 2.05 bits per heavy atom. The molecule has 0 aromatic carbocycles. The summed E-state index contributed by atoms with van der Waals surface area (Å²) < 4.78 is 26.1. The molecule has 0 radical (unpaired) electrons. The van der Waals surface area contributed by atoms with E-state index in [-0.39, 0.29) is 27.8 Å². The summed E-state index contributed by atoms with van der Waals surface area (Å²) >= 11 is 0. The summed E-state index contributed by atoms with van der Waals surface area (Å²) in [5.41, 5.74) is -0.211. The van der Waals surface area contributed by atoms with Crippen molar-refractivity contribution in [3.05, 3.63) is 16.3 Å².